The van der Waals surface area contributed by atoms with Crippen molar-refractivity contribution in [2.75, 3.05) is 26.4 Å². The van der Waals surface area contributed by atoms with Crippen molar-refractivity contribution in [3.05, 3.63) is 29.8 Å². The smallest absolute Gasteiger partial charge is 0.124 e. The van der Waals surface area contributed by atoms with Crippen LogP contribution < -0.4 is 10.1 Å². The van der Waals surface area contributed by atoms with Crippen LogP contribution in [0.25, 0.3) is 0 Å². The summed E-state index contributed by atoms with van der Waals surface area (Å²) < 4.78 is 11.3. The Morgan fingerprint density at radius 2 is 2.11 bits per heavy atom. The van der Waals surface area contributed by atoms with Crippen LogP contribution in [0.4, 0.5) is 0 Å². The molecule has 1 saturated carbocycles. The summed E-state index contributed by atoms with van der Waals surface area (Å²) in [5.41, 5.74) is 1.21. The first-order chi connectivity index (χ1) is 9.31. The Labute approximate surface area is 116 Å². The second-order valence-corrected chi connectivity index (χ2v) is 5.16. The Kier molecular flexibility index (Phi) is 5.67. The molecule has 106 valence electrons. The SMILES string of the molecule is CCOc1ccccc1C(C)NCCOCC1CC1. The van der Waals surface area contributed by atoms with Crippen LogP contribution in [-0.2, 0) is 4.74 Å². The highest BCUT2D eigenvalue weighted by Crippen LogP contribution is 2.28. The second-order valence-electron chi connectivity index (χ2n) is 5.16. The van der Waals surface area contributed by atoms with Crippen molar-refractivity contribution in [1.29, 1.82) is 0 Å². The van der Waals surface area contributed by atoms with Crippen LogP contribution in [0.15, 0.2) is 24.3 Å². The van der Waals surface area contributed by atoms with Gasteiger partial charge in [-0.05, 0) is 38.7 Å². The maximum atomic E-state index is 5.65. The number of nitrogens with one attached hydrogen (secondary N) is 1. The van der Waals surface area contributed by atoms with Crippen molar-refractivity contribution >= 4 is 0 Å². The van der Waals surface area contributed by atoms with E-state index in [1.54, 1.807) is 0 Å². The quantitative estimate of drug-likeness (QED) is 0.694. The topological polar surface area (TPSA) is 30.5 Å². The van der Waals surface area contributed by atoms with Gasteiger partial charge in [-0.2, -0.15) is 0 Å². The minimum Gasteiger partial charge on any atom is -0.494 e. The predicted molar refractivity (Wildman–Crippen MR) is 77.6 cm³/mol. The van der Waals surface area contributed by atoms with Gasteiger partial charge in [-0.1, -0.05) is 18.2 Å². The molecule has 2 rings (SSSR count). The summed E-state index contributed by atoms with van der Waals surface area (Å²) in [7, 11) is 0. The molecule has 19 heavy (non-hydrogen) atoms. The highest BCUT2D eigenvalue weighted by Gasteiger charge is 2.20. The lowest BCUT2D eigenvalue weighted by Gasteiger charge is -2.18. The van der Waals surface area contributed by atoms with Crippen molar-refractivity contribution in [3.8, 4) is 5.75 Å². The van der Waals surface area contributed by atoms with E-state index in [9.17, 15) is 0 Å². The second kappa shape index (κ2) is 7.51. The zero-order chi connectivity index (χ0) is 13.5. The zero-order valence-corrected chi connectivity index (χ0v) is 12.0. The first-order valence-corrected chi connectivity index (χ1v) is 7.34. The molecule has 1 fully saturated rings. The molecule has 0 bridgehead atoms. The van der Waals surface area contributed by atoms with Gasteiger partial charge in [0.15, 0.2) is 0 Å². The molecular weight excluding hydrogens is 238 g/mol. The van der Waals surface area contributed by atoms with Crippen molar-refractivity contribution < 1.29 is 9.47 Å². The largest absolute Gasteiger partial charge is 0.494 e. The van der Waals surface area contributed by atoms with Gasteiger partial charge in [0.05, 0.1) is 13.2 Å². The third-order valence-electron chi connectivity index (χ3n) is 3.43. The lowest BCUT2D eigenvalue weighted by Crippen LogP contribution is -2.24. The molecule has 1 unspecified atom stereocenters. The molecule has 1 aliphatic rings. The lowest BCUT2D eigenvalue weighted by atomic mass is 10.1. The Morgan fingerprint density at radius 1 is 1.32 bits per heavy atom. The van der Waals surface area contributed by atoms with Crippen LogP contribution in [0.5, 0.6) is 5.75 Å². The minimum atomic E-state index is 0.285. The molecule has 3 nitrogen and oxygen atoms in total. The van der Waals surface area contributed by atoms with E-state index in [1.165, 1.54) is 18.4 Å². The van der Waals surface area contributed by atoms with Crippen LogP contribution in [0.2, 0.25) is 0 Å². The van der Waals surface area contributed by atoms with Crippen LogP contribution in [-0.4, -0.2) is 26.4 Å². The molecule has 0 radical (unpaired) electrons. The van der Waals surface area contributed by atoms with Crippen molar-refractivity contribution in [1.82, 2.24) is 5.32 Å². The van der Waals surface area contributed by atoms with Gasteiger partial charge >= 0.3 is 0 Å². The molecule has 0 aromatic heterocycles. The molecule has 3 heteroatoms. The summed E-state index contributed by atoms with van der Waals surface area (Å²) in [6, 6.07) is 8.50. The maximum Gasteiger partial charge on any atom is 0.124 e. The summed E-state index contributed by atoms with van der Waals surface area (Å²) in [4.78, 5) is 0. The summed E-state index contributed by atoms with van der Waals surface area (Å²) in [6.45, 7) is 7.49. The third kappa shape index (κ3) is 4.84. The molecule has 0 heterocycles. The van der Waals surface area contributed by atoms with E-state index < -0.39 is 0 Å². The Balaban J connectivity index is 1.73. The van der Waals surface area contributed by atoms with E-state index in [0.29, 0.717) is 6.61 Å². The van der Waals surface area contributed by atoms with Gasteiger partial charge in [-0.25, -0.2) is 0 Å². The molecule has 1 N–H and O–H groups in total. The van der Waals surface area contributed by atoms with Crippen LogP contribution in [0, 0.1) is 5.92 Å². The van der Waals surface area contributed by atoms with E-state index in [0.717, 1.165) is 31.4 Å². The monoisotopic (exact) mass is 263 g/mol. The molecular formula is C16H25NO2. The normalized spacial score (nSPS) is 16.3. The van der Waals surface area contributed by atoms with Crippen molar-refractivity contribution in [3.63, 3.8) is 0 Å². The highest BCUT2D eigenvalue weighted by atomic mass is 16.5. The van der Waals surface area contributed by atoms with Gasteiger partial charge in [0.25, 0.3) is 0 Å². The van der Waals surface area contributed by atoms with E-state index in [2.05, 4.69) is 24.4 Å². The highest BCUT2D eigenvalue weighted by molar-refractivity contribution is 5.35. The summed E-state index contributed by atoms with van der Waals surface area (Å²) >= 11 is 0. The Hall–Kier alpha value is -1.06. The number of hydrogen-bond acceptors (Lipinski definition) is 3. The molecule has 1 aliphatic carbocycles. The van der Waals surface area contributed by atoms with Gasteiger partial charge in [0.1, 0.15) is 5.75 Å². The molecule has 0 saturated heterocycles. The summed E-state index contributed by atoms with van der Waals surface area (Å²) in [5, 5.41) is 3.49. The Bertz CT molecular complexity index is 377. The number of para-hydroxylation sites is 1. The first kappa shape index (κ1) is 14.4. The maximum absolute atomic E-state index is 5.65. The van der Waals surface area contributed by atoms with E-state index >= 15 is 0 Å². The number of ether oxygens (including phenoxy) is 2. The van der Waals surface area contributed by atoms with E-state index in [-0.39, 0.29) is 6.04 Å². The third-order valence-corrected chi connectivity index (χ3v) is 3.43. The first-order valence-electron chi connectivity index (χ1n) is 7.34. The van der Waals surface area contributed by atoms with Gasteiger partial charge < -0.3 is 14.8 Å². The van der Waals surface area contributed by atoms with Crippen LogP contribution >= 0.6 is 0 Å². The van der Waals surface area contributed by atoms with Crippen molar-refractivity contribution in [2.24, 2.45) is 5.92 Å². The Morgan fingerprint density at radius 3 is 2.84 bits per heavy atom. The van der Waals surface area contributed by atoms with Crippen LogP contribution in [0.1, 0.15) is 38.3 Å². The number of benzene rings is 1. The molecule has 0 aliphatic heterocycles. The standard InChI is InChI=1S/C16H25NO2/c1-3-19-16-7-5-4-6-15(16)13(2)17-10-11-18-12-14-8-9-14/h4-7,13-14,17H,3,8-12H2,1-2H3. The fourth-order valence-electron chi connectivity index (χ4n) is 2.12. The zero-order valence-electron chi connectivity index (χ0n) is 12.0. The van der Waals surface area contributed by atoms with Crippen LogP contribution in [0.3, 0.4) is 0 Å². The predicted octanol–water partition coefficient (Wildman–Crippen LogP) is 3.16. The lowest BCUT2D eigenvalue weighted by molar-refractivity contribution is 0.124. The van der Waals surface area contributed by atoms with Crippen molar-refractivity contribution in [2.45, 2.75) is 32.7 Å². The van der Waals surface area contributed by atoms with E-state index in [4.69, 9.17) is 9.47 Å². The summed E-state index contributed by atoms with van der Waals surface area (Å²) in [5.74, 6) is 1.82. The van der Waals surface area contributed by atoms with Gasteiger partial charge in [-0.3, -0.25) is 0 Å². The fraction of sp³-hybridized carbons (Fsp3) is 0.625. The summed E-state index contributed by atoms with van der Waals surface area (Å²) in [6.07, 6.45) is 2.71. The molecule has 1 atom stereocenters. The van der Waals surface area contributed by atoms with Gasteiger partial charge in [0, 0.05) is 24.8 Å². The number of rotatable bonds is 9. The average molecular weight is 263 g/mol. The minimum absolute atomic E-state index is 0.285. The van der Waals surface area contributed by atoms with Gasteiger partial charge in [-0.15, -0.1) is 0 Å². The van der Waals surface area contributed by atoms with E-state index in [1.807, 2.05) is 19.1 Å². The fourth-order valence-corrected chi connectivity index (χ4v) is 2.12. The van der Waals surface area contributed by atoms with Gasteiger partial charge in [0.2, 0.25) is 0 Å². The molecule has 1 aromatic carbocycles. The molecule has 1 aromatic rings. The average Bonchev–Trinajstić information content (AvgIpc) is 3.23. The molecule has 0 spiro atoms. The number of hydrogen-bond donors (Lipinski definition) is 1. The molecule has 0 amide bonds.